The van der Waals surface area contributed by atoms with E-state index in [0.29, 0.717) is 17.9 Å². The van der Waals surface area contributed by atoms with E-state index in [1.165, 1.54) is 11.3 Å². The first-order valence-corrected chi connectivity index (χ1v) is 8.66. The molecule has 2 aromatic rings. The minimum atomic E-state index is -0.924. The SMILES string of the molecule is CCOc1ccc(CC(CNC(=O)c2sccc2C)C(=O)O)cc1. The van der Waals surface area contributed by atoms with Crippen molar-refractivity contribution in [2.24, 2.45) is 5.92 Å². The molecule has 2 N–H and O–H groups in total. The van der Waals surface area contributed by atoms with Crippen LogP contribution in [0.1, 0.15) is 27.7 Å². The van der Waals surface area contributed by atoms with Crippen molar-refractivity contribution < 1.29 is 19.4 Å². The van der Waals surface area contributed by atoms with Crippen LogP contribution >= 0.6 is 11.3 Å². The monoisotopic (exact) mass is 347 g/mol. The van der Waals surface area contributed by atoms with Gasteiger partial charge in [-0.15, -0.1) is 11.3 Å². The van der Waals surface area contributed by atoms with Crippen LogP contribution < -0.4 is 10.1 Å². The quantitative estimate of drug-likeness (QED) is 0.769. The molecule has 0 saturated carbocycles. The Hall–Kier alpha value is -2.34. The number of hydrogen-bond acceptors (Lipinski definition) is 4. The first kappa shape index (κ1) is 18.0. The molecule has 1 aromatic carbocycles. The van der Waals surface area contributed by atoms with E-state index in [4.69, 9.17) is 4.74 Å². The van der Waals surface area contributed by atoms with E-state index in [9.17, 15) is 14.7 Å². The maximum atomic E-state index is 12.1. The van der Waals surface area contributed by atoms with Crippen molar-refractivity contribution in [3.8, 4) is 5.75 Å². The summed E-state index contributed by atoms with van der Waals surface area (Å²) in [5, 5.41) is 14.0. The van der Waals surface area contributed by atoms with Crippen molar-refractivity contribution in [2.75, 3.05) is 13.2 Å². The standard InChI is InChI=1S/C18H21NO4S/c1-3-23-15-6-4-13(5-7-15)10-14(18(21)22)11-19-17(20)16-12(2)8-9-24-16/h4-9,14H,3,10-11H2,1-2H3,(H,19,20)(H,21,22). The molecular formula is C18H21NO4S. The highest BCUT2D eigenvalue weighted by Crippen LogP contribution is 2.17. The number of carbonyl (C=O) groups is 2. The summed E-state index contributed by atoms with van der Waals surface area (Å²) >= 11 is 1.35. The van der Waals surface area contributed by atoms with Gasteiger partial charge in [-0.25, -0.2) is 0 Å². The Morgan fingerprint density at radius 1 is 1.25 bits per heavy atom. The summed E-state index contributed by atoms with van der Waals surface area (Å²) in [5.74, 6) is -1.06. The normalized spacial score (nSPS) is 11.8. The lowest BCUT2D eigenvalue weighted by molar-refractivity contribution is -0.141. The number of hydrogen-bond donors (Lipinski definition) is 2. The van der Waals surface area contributed by atoms with Crippen LogP contribution in [-0.4, -0.2) is 30.1 Å². The lowest BCUT2D eigenvalue weighted by Gasteiger charge is -2.14. The third-order valence-electron chi connectivity index (χ3n) is 3.64. The van der Waals surface area contributed by atoms with E-state index in [-0.39, 0.29) is 12.5 Å². The molecule has 0 radical (unpaired) electrons. The Kier molecular flexibility index (Phi) is 6.37. The van der Waals surface area contributed by atoms with Crippen molar-refractivity contribution in [3.63, 3.8) is 0 Å². The van der Waals surface area contributed by atoms with Crippen molar-refractivity contribution in [2.45, 2.75) is 20.3 Å². The molecule has 1 heterocycles. The minimum absolute atomic E-state index is 0.0960. The number of rotatable bonds is 8. The second kappa shape index (κ2) is 8.49. The Morgan fingerprint density at radius 3 is 2.50 bits per heavy atom. The van der Waals surface area contributed by atoms with Gasteiger partial charge in [0, 0.05) is 6.54 Å². The van der Waals surface area contributed by atoms with Crippen LogP contribution in [0.5, 0.6) is 5.75 Å². The van der Waals surface area contributed by atoms with Gasteiger partial charge >= 0.3 is 5.97 Å². The van der Waals surface area contributed by atoms with Crippen molar-refractivity contribution >= 4 is 23.2 Å². The summed E-state index contributed by atoms with van der Waals surface area (Å²) in [6, 6.07) is 9.23. The van der Waals surface area contributed by atoms with Gasteiger partial charge in [-0.1, -0.05) is 12.1 Å². The Bertz CT molecular complexity index is 693. The zero-order valence-corrected chi connectivity index (χ0v) is 14.6. The molecular weight excluding hydrogens is 326 g/mol. The molecule has 6 heteroatoms. The Morgan fingerprint density at radius 2 is 1.96 bits per heavy atom. The number of carboxylic acid groups (broad SMARTS) is 1. The van der Waals surface area contributed by atoms with Gasteiger partial charge in [-0.2, -0.15) is 0 Å². The largest absolute Gasteiger partial charge is 0.494 e. The highest BCUT2D eigenvalue weighted by Gasteiger charge is 2.20. The number of aryl methyl sites for hydroxylation is 1. The second-order valence-corrected chi connectivity index (χ2v) is 6.38. The highest BCUT2D eigenvalue weighted by molar-refractivity contribution is 7.12. The third-order valence-corrected chi connectivity index (χ3v) is 4.66. The van der Waals surface area contributed by atoms with Gasteiger partial charge in [0.05, 0.1) is 17.4 Å². The second-order valence-electron chi connectivity index (χ2n) is 5.46. The molecule has 0 spiro atoms. The van der Waals surface area contributed by atoms with Crippen LogP contribution in [-0.2, 0) is 11.2 Å². The van der Waals surface area contributed by atoms with E-state index in [0.717, 1.165) is 16.9 Å². The number of nitrogens with one attached hydrogen (secondary N) is 1. The van der Waals surface area contributed by atoms with Gasteiger partial charge in [0.15, 0.2) is 0 Å². The Labute approximate surface area is 145 Å². The number of benzene rings is 1. The van der Waals surface area contributed by atoms with E-state index >= 15 is 0 Å². The van der Waals surface area contributed by atoms with Gasteiger partial charge in [-0.3, -0.25) is 9.59 Å². The first-order valence-electron chi connectivity index (χ1n) is 7.78. The fourth-order valence-electron chi connectivity index (χ4n) is 2.32. The lowest BCUT2D eigenvalue weighted by atomic mass is 9.99. The number of ether oxygens (including phenoxy) is 1. The molecule has 5 nitrogen and oxygen atoms in total. The van der Waals surface area contributed by atoms with E-state index in [1.54, 1.807) is 0 Å². The summed E-state index contributed by atoms with van der Waals surface area (Å²) < 4.78 is 5.37. The molecule has 0 fully saturated rings. The average Bonchev–Trinajstić information content (AvgIpc) is 2.99. The van der Waals surface area contributed by atoms with Crippen LogP contribution in [0.4, 0.5) is 0 Å². The molecule has 1 atom stereocenters. The van der Waals surface area contributed by atoms with Crippen molar-refractivity contribution in [1.29, 1.82) is 0 Å². The summed E-state index contributed by atoms with van der Waals surface area (Å²) in [5.41, 5.74) is 1.79. The summed E-state index contributed by atoms with van der Waals surface area (Å²) in [6.45, 7) is 4.45. The van der Waals surface area contributed by atoms with Crippen LogP contribution in [0.3, 0.4) is 0 Å². The molecule has 0 aliphatic carbocycles. The summed E-state index contributed by atoms with van der Waals surface area (Å²) in [6.07, 6.45) is 0.353. The average molecular weight is 347 g/mol. The molecule has 1 amide bonds. The van der Waals surface area contributed by atoms with Gasteiger partial charge in [0.2, 0.25) is 0 Å². The fraction of sp³-hybridized carbons (Fsp3) is 0.333. The first-order chi connectivity index (χ1) is 11.5. The molecule has 2 rings (SSSR count). The van der Waals surface area contributed by atoms with Gasteiger partial charge in [0.25, 0.3) is 5.91 Å². The summed E-state index contributed by atoms with van der Waals surface area (Å²) in [7, 11) is 0. The van der Waals surface area contributed by atoms with E-state index in [2.05, 4.69) is 5.32 Å². The molecule has 0 aliphatic rings. The predicted molar refractivity (Wildman–Crippen MR) is 93.8 cm³/mol. The van der Waals surface area contributed by atoms with Crippen LogP contribution in [0, 0.1) is 12.8 Å². The smallest absolute Gasteiger partial charge is 0.308 e. The zero-order chi connectivity index (χ0) is 17.5. The van der Waals surface area contributed by atoms with Crippen LogP contribution in [0.15, 0.2) is 35.7 Å². The van der Waals surface area contributed by atoms with Crippen LogP contribution in [0.2, 0.25) is 0 Å². The zero-order valence-electron chi connectivity index (χ0n) is 13.7. The molecule has 1 aromatic heterocycles. The van der Waals surface area contributed by atoms with Gasteiger partial charge < -0.3 is 15.2 Å². The number of carboxylic acids is 1. The van der Waals surface area contributed by atoms with Gasteiger partial charge in [-0.05, 0) is 55.0 Å². The Balaban J connectivity index is 1.95. The maximum Gasteiger partial charge on any atom is 0.308 e. The van der Waals surface area contributed by atoms with E-state index in [1.807, 2.05) is 49.6 Å². The van der Waals surface area contributed by atoms with Crippen molar-refractivity contribution in [3.05, 3.63) is 51.7 Å². The topological polar surface area (TPSA) is 75.6 Å². The maximum absolute atomic E-state index is 12.1. The lowest BCUT2D eigenvalue weighted by Crippen LogP contribution is -2.34. The number of carbonyl (C=O) groups excluding carboxylic acids is 1. The van der Waals surface area contributed by atoms with E-state index < -0.39 is 11.9 Å². The summed E-state index contributed by atoms with van der Waals surface area (Å²) in [4.78, 5) is 24.2. The predicted octanol–water partition coefficient (Wildman–Crippen LogP) is 3.13. The molecule has 24 heavy (non-hydrogen) atoms. The minimum Gasteiger partial charge on any atom is -0.494 e. The fourth-order valence-corrected chi connectivity index (χ4v) is 3.16. The molecule has 128 valence electrons. The number of thiophene rings is 1. The molecule has 0 bridgehead atoms. The highest BCUT2D eigenvalue weighted by atomic mass is 32.1. The number of aliphatic carboxylic acids is 1. The number of amides is 1. The molecule has 0 saturated heterocycles. The molecule has 1 unspecified atom stereocenters. The van der Waals surface area contributed by atoms with Crippen LogP contribution in [0.25, 0.3) is 0 Å². The van der Waals surface area contributed by atoms with Crippen molar-refractivity contribution in [1.82, 2.24) is 5.32 Å². The third kappa shape index (κ3) is 4.83. The molecule has 0 aliphatic heterocycles. The van der Waals surface area contributed by atoms with Gasteiger partial charge in [0.1, 0.15) is 5.75 Å².